The highest BCUT2D eigenvalue weighted by Crippen LogP contribution is 2.38. The first-order valence-corrected chi connectivity index (χ1v) is 18.2. The van der Waals surface area contributed by atoms with Gasteiger partial charge in [0.15, 0.2) is 11.5 Å². The Labute approximate surface area is 312 Å². The van der Waals surface area contributed by atoms with E-state index in [4.69, 9.17) is 14.7 Å². The van der Waals surface area contributed by atoms with Crippen LogP contribution in [0.25, 0.3) is 53.1 Å². The van der Waals surface area contributed by atoms with Crippen LogP contribution in [0.3, 0.4) is 0 Å². The molecule has 0 amide bonds. The zero-order chi connectivity index (χ0) is 36.0. The van der Waals surface area contributed by atoms with Crippen LogP contribution in [0.4, 0.5) is 0 Å². The summed E-state index contributed by atoms with van der Waals surface area (Å²) in [5, 5.41) is 20.2. The molecule has 256 valence electrons. The molecule has 0 radical (unpaired) electrons. The molecule has 0 spiro atoms. The monoisotopic (exact) mass is 727 g/mol. The summed E-state index contributed by atoms with van der Waals surface area (Å²) < 4.78 is 14.1. The lowest BCUT2D eigenvalue weighted by atomic mass is 10.1. The van der Waals surface area contributed by atoms with Gasteiger partial charge in [0.2, 0.25) is 0 Å². The number of aromatic amines is 1. The summed E-state index contributed by atoms with van der Waals surface area (Å²) in [4.78, 5) is 17.6. The summed E-state index contributed by atoms with van der Waals surface area (Å²) in [6.07, 6.45) is 8.63. The van der Waals surface area contributed by atoms with Crippen molar-refractivity contribution in [3.05, 3.63) is 163 Å². The van der Waals surface area contributed by atoms with Crippen LogP contribution in [0.2, 0.25) is 0 Å². The number of thiophene rings is 2. The molecule has 10 heteroatoms. The van der Waals surface area contributed by atoms with Crippen molar-refractivity contribution in [2.24, 2.45) is 0 Å². The average molecular weight is 728 g/mol. The Kier molecular flexibility index (Phi) is 9.68. The third kappa shape index (κ3) is 7.54. The van der Waals surface area contributed by atoms with Crippen LogP contribution in [0, 0.1) is 11.3 Å². The number of imidazole rings is 1. The second kappa shape index (κ2) is 15.3. The van der Waals surface area contributed by atoms with Crippen molar-refractivity contribution >= 4 is 42.8 Å². The molecule has 0 fully saturated rings. The van der Waals surface area contributed by atoms with E-state index in [1.807, 2.05) is 91.1 Å². The Morgan fingerprint density at radius 2 is 1.11 bits per heavy atom. The number of nitriles is 1. The molecule has 5 heterocycles. The normalized spacial score (nSPS) is 10.8. The molecule has 4 aromatic carbocycles. The molecule has 0 atom stereocenters. The number of ether oxygens (including phenoxy) is 2. The zero-order valence-corrected chi connectivity index (χ0v) is 29.6. The van der Waals surface area contributed by atoms with Gasteiger partial charge in [-0.3, -0.25) is 9.97 Å². The largest absolute Gasteiger partial charge is 0.455 e. The zero-order valence-electron chi connectivity index (χ0n) is 28.0. The van der Waals surface area contributed by atoms with Gasteiger partial charge < -0.3 is 19.6 Å². The van der Waals surface area contributed by atoms with E-state index >= 15 is 0 Å². The molecule has 53 heavy (non-hydrogen) atoms. The number of nitrogens with one attached hydrogen (secondary N) is 1. The molecule has 0 saturated heterocycles. The van der Waals surface area contributed by atoms with Gasteiger partial charge in [0, 0.05) is 23.2 Å². The first kappa shape index (κ1) is 33.5. The third-order valence-electron chi connectivity index (χ3n) is 8.34. The van der Waals surface area contributed by atoms with Crippen LogP contribution in [-0.2, 0) is 6.61 Å². The van der Waals surface area contributed by atoms with Crippen molar-refractivity contribution in [3.63, 3.8) is 0 Å². The number of aliphatic hydroxyl groups excluding tert-OH is 1. The summed E-state index contributed by atoms with van der Waals surface area (Å²) in [6, 6.07) is 42.5. The van der Waals surface area contributed by atoms with Crippen LogP contribution in [-0.4, -0.2) is 25.0 Å². The van der Waals surface area contributed by atoms with Gasteiger partial charge in [-0.1, -0.05) is 84.9 Å². The second-order valence-electron chi connectivity index (χ2n) is 11.8. The van der Waals surface area contributed by atoms with E-state index in [-0.39, 0.29) is 6.61 Å². The standard InChI is InChI=1S/C23H17N3O2S.C20H12N2OS/c27-14-17-11-25-23(26-17)21-10-19-20(12-24-13-22(19)29-21)28-18-8-6-16(7-9-18)15-4-2-1-3-5-15;21-11-17-10-18-19(12-22-13-20(18)24-17)23-16-8-6-15(7-9-16)14-4-2-1-3-5-14/h1-13,27H,14H2,(H,25,26);1-10,12-13H. The van der Waals surface area contributed by atoms with Crippen molar-refractivity contribution in [1.29, 1.82) is 5.26 Å². The van der Waals surface area contributed by atoms with Crippen molar-refractivity contribution < 1.29 is 14.6 Å². The molecule has 0 aliphatic heterocycles. The number of pyridine rings is 2. The molecular formula is C43H29N5O3S2. The first-order valence-electron chi connectivity index (χ1n) is 16.6. The second-order valence-corrected chi connectivity index (χ2v) is 14.0. The molecule has 0 unspecified atom stereocenters. The SMILES string of the molecule is N#Cc1cc2c(Oc3ccc(-c4ccccc4)cc3)cncc2s1.OCc1cnc(-c2cc3c(Oc4ccc(-c5ccccc5)cc4)cncc3s2)[nH]1. The van der Waals surface area contributed by atoms with Crippen molar-refractivity contribution in [2.75, 3.05) is 0 Å². The molecule has 0 aliphatic carbocycles. The predicted molar refractivity (Wildman–Crippen MR) is 211 cm³/mol. The van der Waals surface area contributed by atoms with E-state index in [1.165, 1.54) is 22.5 Å². The number of nitrogens with zero attached hydrogens (tertiary/aromatic N) is 4. The number of hydrogen-bond donors (Lipinski definition) is 2. The fourth-order valence-corrected chi connectivity index (χ4v) is 7.56. The number of fused-ring (bicyclic) bond motifs is 2. The van der Waals surface area contributed by atoms with Crippen LogP contribution in [0.5, 0.6) is 23.0 Å². The highest BCUT2D eigenvalue weighted by Gasteiger charge is 2.13. The Hall–Kier alpha value is -6.64. The molecule has 5 aromatic heterocycles. The minimum absolute atomic E-state index is 0.0627. The van der Waals surface area contributed by atoms with E-state index in [2.05, 4.69) is 62.4 Å². The third-order valence-corrected chi connectivity index (χ3v) is 10.4. The summed E-state index contributed by atoms with van der Waals surface area (Å²) in [6.45, 7) is -0.0627. The summed E-state index contributed by atoms with van der Waals surface area (Å²) in [5.41, 5.74) is 5.31. The van der Waals surface area contributed by atoms with Crippen molar-refractivity contribution in [3.8, 4) is 62.0 Å². The van der Waals surface area contributed by atoms with E-state index in [9.17, 15) is 5.11 Å². The van der Waals surface area contributed by atoms with E-state index in [0.717, 1.165) is 53.5 Å². The Bertz CT molecular complexity index is 2660. The van der Waals surface area contributed by atoms with Gasteiger partial charge in [-0.05, 0) is 58.7 Å². The number of aromatic nitrogens is 4. The Morgan fingerprint density at radius 1 is 0.604 bits per heavy atom. The molecular weight excluding hydrogens is 699 g/mol. The maximum Gasteiger partial charge on any atom is 0.154 e. The first-order chi connectivity index (χ1) is 26.1. The molecule has 0 bridgehead atoms. The average Bonchev–Trinajstić information content (AvgIpc) is 3.99. The minimum Gasteiger partial charge on any atom is -0.455 e. The Morgan fingerprint density at radius 3 is 1.62 bits per heavy atom. The fourth-order valence-electron chi connectivity index (χ4n) is 5.72. The van der Waals surface area contributed by atoms with E-state index in [0.29, 0.717) is 22.1 Å². The molecule has 0 aliphatic rings. The number of hydrogen-bond acceptors (Lipinski definition) is 9. The number of rotatable bonds is 8. The van der Waals surface area contributed by atoms with Gasteiger partial charge in [0.05, 0.1) is 45.2 Å². The maximum atomic E-state index is 9.24. The van der Waals surface area contributed by atoms with Gasteiger partial charge in [-0.15, -0.1) is 22.7 Å². The summed E-state index contributed by atoms with van der Waals surface area (Å²) >= 11 is 3.00. The number of H-pyrrole nitrogens is 1. The lowest BCUT2D eigenvalue weighted by Gasteiger charge is -2.08. The van der Waals surface area contributed by atoms with Crippen LogP contribution in [0.1, 0.15) is 10.6 Å². The van der Waals surface area contributed by atoms with Gasteiger partial charge >= 0.3 is 0 Å². The van der Waals surface area contributed by atoms with Gasteiger partial charge in [-0.25, -0.2) is 4.98 Å². The van der Waals surface area contributed by atoms with Crippen molar-refractivity contribution in [1.82, 2.24) is 19.9 Å². The quantitative estimate of drug-likeness (QED) is 0.160. The maximum absolute atomic E-state index is 9.24. The van der Waals surface area contributed by atoms with E-state index in [1.54, 1.807) is 36.1 Å². The highest BCUT2D eigenvalue weighted by molar-refractivity contribution is 7.22. The smallest absolute Gasteiger partial charge is 0.154 e. The van der Waals surface area contributed by atoms with Gasteiger partial charge in [0.25, 0.3) is 0 Å². The van der Waals surface area contributed by atoms with Crippen LogP contribution in [0.15, 0.2) is 152 Å². The highest BCUT2D eigenvalue weighted by atomic mass is 32.1. The number of aliphatic hydroxyl groups is 1. The molecule has 8 nitrogen and oxygen atoms in total. The van der Waals surface area contributed by atoms with Gasteiger partial charge in [0.1, 0.15) is 28.3 Å². The topological polar surface area (TPSA) is 117 Å². The van der Waals surface area contributed by atoms with Crippen molar-refractivity contribution in [2.45, 2.75) is 6.61 Å². The summed E-state index contributed by atoms with van der Waals surface area (Å²) in [7, 11) is 0. The molecule has 0 saturated carbocycles. The lowest BCUT2D eigenvalue weighted by molar-refractivity contribution is 0.277. The van der Waals surface area contributed by atoms with Crippen LogP contribution >= 0.6 is 22.7 Å². The molecule has 2 N–H and O–H groups in total. The minimum atomic E-state index is -0.0627. The summed E-state index contributed by atoms with van der Waals surface area (Å²) in [5.74, 6) is 3.60. The van der Waals surface area contributed by atoms with Crippen LogP contribution < -0.4 is 9.47 Å². The Balaban J connectivity index is 0.000000154. The lowest BCUT2D eigenvalue weighted by Crippen LogP contribution is -1.86. The predicted octanol–water partition coefficient (Wildman–Crippen LogP) is 11.3. The van der Waals surface area contributed by atoms with E-state index < -0.39 is 0 Å². The van der Waals surface area contributed by atoms with Gasteiger partial charge in [-0.2, -0.15) is 5.26 Å². The molecule has 9 aromatic rings. The number of benzene rings is 4. The molecule has 9 rings (SSSR count). The fraction of sp³-hybridized carbons (Fsp3) is 0.0233.